The smallest absolute Gasteiger partial charge is 0.249 e. The van der Waals surface area contributed by atoms with E-state index in [-0.39, 0.29) is 11.9 Å². The summed E-state index contributed by atoms with van der Waals surface area (Å²) in [6.07, 6.45) is 6.19. The lowest BCUT2D eigenvalue weighted by molar-refractivity contribution is -0.130. The second kappa shape index (κ2) is 10.7. The molecule has 0 aliphatic carbocycles. The highest BCUT2D eigenvalue weighted by atomic mass is 32.1. The van der Waals surface area contributed by atoms with Crippen LogP contribution in [0.3, 0.4) is 0 Å². The molecule has 1 aliphatic rings. The Morgan fingerprint density at radius 2 is 2.06 bits per heavy atom. The third-order valence-electron chi connectivity index (χ3n) is 5.87. The van der Waals surface area contributed by atoms with Gasteiger partial charge in [-0.2, -0.15) is 4.98 Å². The molecule has 0 unspecified atom stereocenters. The summed E-state index contributed by atoms with van der Waals surface area (Å²) in [6.45, 7) is 3.05. The van der Waals surface area contributed by atoms with Crippen molar-refractivity contribution in [1.82, 2.24) is 20.0 Å². The first-order valence-corrected chi connectivity index (χ1v) is 12.6. The van der Waals surface area contributed by atoms with Crippen LogP contribution in [0.1, 0.15) is 47.5 Å². The maximum atomic E-state index is 13.1. The van der Waals surface area contributed by atoms with Gasteiger partial charge in [-0.15, -0.1) is 11.3 Å². The summed E-state index contributed by atoms with van der Waals surface area (Å²) in [5.74, 6) is 1.69. The molecule has 1 aliphatic heterocycles. The summed E-state index contributed by atoms with van der Waals surface area (Å²) in [7, 11) is 0. The van der Waals surface area contributed by atoms with E-state index in [1.54, 1.807) is 17.4 Å². The van der Waals surface area contributed by atoms with Crippen LogP contribution in [0.4, 0.5) is 0 Å². The minimum atomic E-state index is -0.220. The number of hydrogen-bond acceptors (Lipinski definition) is 7. The van der Waals surface area contributed by atoms with Gasteiger partial charge >= 0.3 is 0 Å². The number of benzene rings is 2. The molecule has 1 fully saturated rings. The number of aryl methyl sites for hydroxylation is 1. The highest BCUT2D eigenvalue weighted by Gasteiger charge is 2.31. The molecule has 1 saturated heterocycles. The number of aromatic nitrogens is 3. The van der Waals surface area contributed by atoms with E-state index in [0.29, 0.717) is 24.9 Å². The molecule has 4 aromatic rings. The maximum absolute atomic E-state index is 13.1. The van der Waals surface area contributed by atoms with E-state index in [0.717, 1.165) is 46.8 Å². The first kappa shape index (κ1) is 23.0. The molecule has 1 atom stereocenters. The van der Waals surface area contributed by atoms with Crippen LogP contribution in [0.25, 0.3) is 17.5 Å². The number of hydrogen-bond donors (Lipinski definition) is 0. The third-order valence-corrected chi connectivity index (χ3v) is 6.70. The molecule has 5 rings (SSSR count). The third kappa shape index (κ3) is 5.66. The molecular weight excluding hydrogens is 460 g/mol. The highest BCUT2D eigenvalue weighted by Crippen LogP contribution is 2.31. The average molecular weight is 487 g/mol. The zero-order valence-corrected chi connectivity index (χ0v) is 20.3. The van der Waals surface area contributed by atoms with Gasteiger partial charge in [-0.25, -0.2) is 4.98 Å². The van der Waals surface area contributed by atoms with Gasteiger partial charge < -0.3 is 14.2 Å². The fraction of sp³-hybridized carbons (Fsp3) is 0.259. The summed E-state index contributed by atoms with van der Waals surface area (Å²) in [6, 6.07) is 17.2. The number of nitrogens with zero attached hydrogens (tertiary/aromatic N) is 4. The standard InChI is InChI=1S/C27H26N4O3S/c1-19-28-22(18-35-19)17-33-23-11-7-8-20(16-23)13-14-25(32)31-15-6-5-12-24(31)27-29-26(30-34-27)21-9-3-2-4-10-21/h2-4,7-11,13-14,16,18,24H,5-6,12,15,17H2,1H3/b14-13-/t24-/m0/s1. The Balaban J connectivity index is 1.26. The van der Waals surface area contributed by atoms with Crippen molar-refractivity contribution in [2.24, 2.45) is 0 Å². The van der Waals surface area contributed by atoms with Gasteiger partial charge in [-0.1, -0.05) is 47.6 Å². The second-order valence-corrected chi connectivity index (χ2v) is 9.48. The maximum Gasteiger partial charge on any atom is 0.249 e. The topological polar surface area (TPSA) is 81.4 Å². The van der Waals surface area contributed by atoms with E-state index in [4.69, 9.17) is 9.26 Å². The van der Waals surface area contributed by atoms with Crippen molar-refractivity contribution in [3.63, 3.8) is 0 Å². The minimum absolute atomic E-state index is 0.0709. The van der Waals surface area contributed by atoms with Gasteiger partial charge in [0.15, 0.2) is 0 Å². The average Bonchev–Trinajstić information content (AvgIpc) is 3.56. The number of ether oxygens (including phenoxy) is 1. The zero-order valence-electron chi connectivity index (χ0n) is 19.5. The van der Waals surface area contributed by atoms with Crippen LogP contribution >= 0.6 is 11.3 Å². The summed E-state index contributed by atoms with van der Waals surface area (Å²) in [5.41, 5.74) is 2.70. The summed E-state index contributed by atoms with van der Waals surface area (Å²) in [5, 5.41) is 7.16. The van der Waals surface area contributed by atoms with Crippen LogP contribution in [0, 0.1) is 6.92 Å². The lowest BCUT2D eigenvalue weighted by Gasteiger charge is -2.32. The second-order valence-electron chi connectivity index (χ2n) is 8.42. The zero-order chi connectivity index (χ0) is 24.0. The monoisotopic (exact) mass is 486 g/mol. The summed E-state index contributed by atoms with van der Waals surface area (Å²) >= 11 is 1.61. The number of piperidine rings is 1. The molecule has 7 nitrogen and oxygen atoms in total. The van der Waals surface area contributed by atoms with Crippen molar-refractivity contribution in [3.05, 3.63) is 88.2 Å². The van der Waals surface area contributed by atoms with E-state index in [1.165, 1.54) is 0 Å². The van der Waals surface area contributed by atoms with Crippen molar-refractivity contribution >= 4 is 23.3 Å². The highest BCUT2D eigenvalue weighted by molar-refractivity contribution is 7.09. The van der Waals surface area contributed by atoms with Gasteiger partial charge in [0.25, 0.3) is 0 Å². The van der Waals surface area contributed by atoms with Gasteiger partial charge in [0.2, 0.25) is 17.6 Å². The molecule has 8 heteroatoms. The first-order chi connectivity index (χ1) is 17.2. The van der Waals surface area contributed by atoms with Gasteiger partial charge in [0.05, 0.1) is 10.7 Å². The summed E-state index contributed by atoms with van der Waals surface area (Å²) in [4.78, 5) is 24.0. The number of carbonyl (C=O) groups is 1. The Hall–Kier alpha value is -3.78. The lowest BCUT2D eigenvalue weighted by Crippen LogP contribution is -2.37. The van der Waals surface area contributed by atoms with Gasteiger partial charge in [0.1, 0.15) is 18.4 Å². The molecule has 0 spiro atoms. The van der Waals surface area contributed by atoms with Crippen LogP contribution in [-0.4, -0.2) is 32.5 Å². The Labute approximate surface area is 208 Å². The number of carbonyl (C=O) groups excluding carboxylic acids is 1. The predicted octanol–water partition coefficient (Wildman–Crippen LogP) is 5.85. The Bertz CT molecular complexity index is 1310. The minimum Gasteiger partial charge on any atom is -0.487 e. The van der Waals surface area contributed by atoms with Crippen molar-refractivity contribution in [2.75, 3.05) is 6.54 Å². The van der Waals surface area contributed by atoms with E-state index in [1.807, 2.05) is 77.9 Å². The Morgan fingerprint density at radius 1 is 1.17 bits per heavy atom. The fourth-order valence-electron chi connectivity index (χ4n) is 4.13. The molecular formula is C27H26N4O3S. The van der Waals surface area contributed by atoms with Crippen molar-refractivity contribution < 1.29 is 14.1 Å². The van der Waals surface area contributed by atoms with E-state index < -0.39 is 0 Å². The van der Waals surface area contributed by atoms with Gasteiger partial charge in [-0.3, -0.25) is 4.79 Å². The number of thiazole rings is 1. The van der Waals surface area contributed by atoms with Crippen molar-refractivity contribution in [1.29, 1.82) is 0 Å². The number of likely N-dealkylation sites (tertiary alicyclic amines) is 1. The normalized spacial score (nSPS) is 16.0. The lowest BCUT2D eigenvalue weighted by atomic mass is 10.0. The SMILES string of the molecule is Cc1nc(COc2cccc(/C=C\C(=O)N3CCCC[C@H]3c3nc(-c4ccccc4)no3)c2)cs1. The molecule has 0 saturated carbocycles. The Kier molecular flexibility index (Phi) is 6.99. The van der Waals surface area contributed by atoms with E-state index in [9.17, 15) is 4.79 Å². The molecule has 0 bridgehead atoms. The van der Waals surface area contributed by atoms with Crippen molar-refractivity contribution in [2.45, 2.75) is 38.8 Å². The molecule has 178 valence electrons. The van der Waals surface area contributed by atoms with Gasteiger partial charge in [-0.05, 0) is 50.0 Å². The van der Waals surface area contributed by atoms with Gasteiger partial charge in [0, 0.05) is 23.6 Å². The molecule has 0 N–H and O–H groups in total. The largest absolute Gasteiger partial charge is 0.487 e. The van der Waals surface area contributed by atoms with Crippen LogP contribution in [-0.2, 0) is 11.4 Å². The first-order valence-electron chi connectivity index (χ1n) is 11.7. The molecule has 35 heavy (non-hydrogen) atoms. The van der Waals surface area contributed by atoms with Crippen LogP contribution in [0.2, 0.25) is 0 Å². The fourth-order valence-corrected chi connectivity index (χ4v) is 4.73. The predicted molar refractivity (Wildman–Crippen MR) is 135 cm³/mol. The molecule has 0 radical (unpaired) electrons. The van der Waals surface area contributed by atoms with Crippen LogP contribution in [0.5, 0.6) is 5.75 Å². The molecule has 1 amide bonds. The molecule has 2 aromatic heterocycles. The quantitative estimate of drug-likeness (QED) is 0.305. The van der Waals surface area contributed by atoms with E-state index in [2.05, 4.69) is 15.1 Å². The van der Waals surface area contributed by atoms with Crippen molar-refractivity contribution in [3.8, 4) is 17.1 Å². The number of amides is 1. The summed E-state index contributed by atoms with van der Waals surface area (Å²) < 4.78 is 11.5. The van der Waals surface area contributed by atoms with Crippen LogP contribution < -0.4 is 4.74 Å². The molecule has 3 heterocycles. The molecule has 2 aromatic carbocycles. The van der Waals surface area contributed by atoms with Crippen LogP contribution in [0.15, 0.2) is 70.6 Å². The number of rotatable bonds is 7. The van der Waals surface area contributed by atoms with E-state index >= 15 is 0 Å². The Morgan fingerprint density at radius 3 is 2.89 bits per heavy atom.